The first kappa shape index (κ1) is 12.2. The van der Waals surface area contributed by atoms with Gasteiger partial charge in [-0.2, -0.15) is 0 Å². The Morgan fingerprint density at radius 1 is 1.18 bits per heavy atom. The molecule has 3 heteroatoms. The Morgan fingerprint density at radius 3 is 2.53 bits per heavy atom. The monoisotopic (exact) mass is 235 g/mol. The van der Waals surface area contributed by atoms with Crippen molar-refractivity contribution in [3.63, 3.8) is 0 Å². The highest BCUT2D eigenvalue weighted by atomic mass is 16.6. The molecule has 0 saturated heterocycles. The molecule has 1 heterocycles. The minimum atomic E-state index is 0.371. The zero-order valence-corrected chi connectivity index (χ0v) is 10.8. The van der Waals surface area contributed by atoms with Crippen LogP contribution in [0.15, 0.2) is 18.2 Å². The van der Waals surface area contributed by atoms with Gasteiger partial charge in [-0.3, -0.25) is 0 Å². The molecule has 1 aromatic carbocycles. The standard InChI is InChI=1S/C14H21NO2/c1-4-15-14(10(2)3)11-5-6-12-13(9-11)17-8-7-16-12/h5-6,9-10,14-15H,4,7-8H2,1-3H3. The van der Waals surface area contributed by atoms with Crippen LogP contribution in [0.3, 0.4) is 0 Å². The number of hydrogen-bond donors (Lipinski definition) is 1. The van der Waals surface area contributed by atoms with E-state index in [9.17, 15) is 0 Å². The van der Waals surface area contributed by atoms with Crippen LogP contribution in [0.5, 0.6) is 11.5 Å². The van der Waals surface area contributed by atoms with Crippen molar-refractivity contribution in [2.24, 2.45) is 5.92 Å². The summed E-state index contributed by atoms with van der Waals surface area (Å²) in [5.41, 5.74) is 1.27. The Morgan fingerprint density at radius 2 is 1.88 bits per heavy atom. The summed E-state index contributed by atoms with van der Waals surface area (Å²) in [5.74, 6) is 2.29. The van der Waals surface area contributed by atoms with E-state index in [2.05, 4.69) is 38.2 Å². The lowest BCUT2D eigenvalue weighted by Gasteiger charge is -2.25. The topological polar surface area (TPSA) is 30.5 Å². The first-order chi connectivity index (χ1) is 8.22. The summed E-state index contributed by atoms with van der Waals surface area (Å²) in [7, 11) is 0. The van der Waals surface area contributed by atoms with Gasteiger partial charge in [-0.25, -0.2) is 0 Å². The van der Waals surface area contributed by atoms with Gasteiger partial charge < -0.3 is 14.8 Å². The molecule has 17 heavy (non-hydrogen) atoms. The Balaban J connectivity index is 2.25. The molecule has 94 valence electrons. The fraction of sp³-hybridized carbons (Fsp3) is 0.571. The van der Waals surface area contributed by atoms with Gasteiger partial charge in [0, 0.05) is 6.04 Å². The molecule has 0 aliphatic carbocycles. The number of nitrogens with one attached hydrogen (secondary N) is 1. The molecular formula is C14H21NO2. The molecule has 0 radical (unpaired) electrons. The van der Waals surface area contributed by atoms with E-state index in [1.807, 2.05) is 6.07 Å². The molecule has 0 saturated carbocycles. The molecule has 1 unspecified atom stereocenters. The minimum absolute atomic E-state index is 0.371. The van der Waals surface area contributed by atoms with Crippen LogP contribution in [0.1, 0.15) is 32.4 Å². The summed E-state index contributed by atoms with van der Waals surface area (Å²) in [4.78, 5) is 0. The van der Waals surface area contributed by atoms with Crippen LogP contribution in [0.25, 0.3) is 0 Å². The molecule has 0 spiro atoms. The third-order valence-corrected chi connectivity index (χ3v) is 3.02. The lowest BCUT2D eigenvalue weighted by Crippen LogP contribution is -2.25. The predicted molar refractivity (Wildman–Crippen MR) is 68.7 cm³/mol. The van der Waals surface area contributed by atoms with E-state index in [0.29, 0.717) is 25.2 Å². The molecule has 0 bridgehead atoms. The van der Waals surface area contributed by atoms with Crippen molar-refractivity contribution >= 4 is 0 Å². The van der Waals surface area contributed by atoms with E-state index >= 15 is 0 Å². The highest BCUT2D eigenvalue weighted by Gasteiger charge is 2.18. The Hall–Kier alpha value is -1.22. The predicted octanol–water partition coefficient (Wildman–Crippen LogP) is 2.76. The fourth-order valence-corrected chi connectivity index (χ4v) is 2.21. The quantitative estimate of drug-likeness (QED) is 0.870. The summed E-state index contributed by atoms with van der Waals surface area (Å²) < 4.78 is 11.2. The molecule has 0 amide bonds. The van der Waals surface area contributed by atoms with Crippen LogP contribution < -0.4 is 14.8 Å². The van der Waals surface area contributed by atoms with Gasteiger partial charge in [0.2, 0.25) is 0 Å². The Bertz CT molecular complexity index is 376. The maximum Gasteiger partial charge on any atom is 0.161 e. The second-order valence-corrected chi connectivity index (χ2v) is 4.68. The van der Waals surface area contributed by atoms with Gasteiger partial charge in [-0.15, -0.1) is 0 Å². The number of fused-ring (bicyclic) bond motifs is 1. The van der Waals surface area contributed by atoms with Crippen LogP contribution in [0.4, 0.5) is 0 Å². The van der Waals surface area contributed by atoms with Gasteiger partial charge in [0.25, 0.3) is 0 Å². The fourth-order valence-electron chi connectivity index (χ4n) is 2.21. The molecular weight excluding hydrogens is 214 g/mol. The summed E-state index contributed by atoms with van der Waals surface area (Å²) in [6, 6.07) is 6.61. The van der Waals surface area contributed by atoms with E-state index < -0.39 is 0 Å². The van der Waals surface area contributed by atoms with Gasteiger partial charge >= 0.3 is 0 Å². The van der Waals surface area contributed by atoms with Gasteiger partial charge in [-0.05, 0) is 30.2 Å². The SMILES string of the molecule is CCNC(c1ccc2c(c1)OCCO2)C(C)C. The molecule has 1 N–H and O–H groups in total. The van der Waals surface area contributed by atoms with Gasteiger partial charge in [0.1, 0.15) is 13.2 Å². The molecule has 3 nitrogen and oxygen atoms in total. The summed E-state index contributed by atoms with van der Waals surface area (Å²) in [6.07, 6.45) is 0. The van der Waals surface area contributed by atoms with Crippen molar-refractivity contribution in [3.8, 4) is 11.5 Å². The van der Waals surface area contributed by atoms with Crippen LogP contribution in [-0.2, 0) is 0 Å². The number of rotatable bonds is 4. The van der Waals surface area contributed by atoms with Crippen LogP contribution >= 0.6 is 0 Å². The number of hydrogen-bond acceptors (Lipinski definition) is 3. The zero-order chi connectivity index (χ0) is 12.3. The number of ether oxygens (including phenoxy) is 2. The van der Waals surface area contributed by atoms with Crippen LogP contribution in [0, 0.1) is 5.92 Å². The number of benzene rings is 1. The van der Waals surface area contributed by atoms with Crippen molar-refractivity contribution in [2.45, 2.75) is 26.8 Å². The van der Waals surface area contributed by atoms with E-state index in [0.717, 1.165) is 18.0 Å². The second-order valence-electron chi connectivity index (χ2n) is 4.68. The average Bonchev–Trinajstić information content (AvgIpc) is 2.35. The Kier molecular flexibility index (Phi) is 3.89. The van der Waals surface area contributed by atoms with Crippen LogP contribution in [-0.4, -0.2) is 19.8 Å². The molecule has 1 aromatic rings. The molecule has 1 aliphatic heterocycles. The minimum Gasteiger partial charge on any atom is -0.486 e. The summed E-state index contributed by atoms with van der Waals surface area (Å²) >= 11 is 0. The molecule has 0 aromatic heterocycles. The molecule has 0 fully saturated rings. The smallest absolute Gasteiger partial charge is 0.161 e. The van der Waals surface area contributed by atoms with Crippen molar-refractivity contribution < 1.29 is 9.47 Å². The highest BCUT2D eigenvalue weighted by Crippen LogP contribution is 2.34. The summed E-state index contributed by atoms with van der Waals surface area (Å²) in [5, 5.41) is 3.51. The van der Waals surface area contributed by atoms with Crippen molar-refractivity contribution in [1.29, 1.82) is 0 Å². The zero-order valence-electron chi connectivity index (χ0n) is 10.8. The Labute approximate surface area is 103 Å². The molecule has 2 rings (SSSR count). The van der Waals surface area contributed by atoms with E-state index in [-0.39, 0.29) is 0 Å². The maximum atomic E-state index is 5.62. The van der Waals surface area contributed by atoms with Gasteiger partial charge in [-0.1, -0.05) is 26.8 Å². The first-order valence-corrected chi connectivity index (χ1v) is 6.35. The molecule has 1 atom stereocenters. The van der Waals surface area contributed by atoms with Crippen LogP contribution in [0.2, 0.25) is 0 Å². The van der Waals surface area contributed by atoms with E-state index in [1.165, 1.54) is 5.56 Å². The van der Waals surface area contributed by atoms with Crippen molar-refractivity contribution in [1.82, 2.24) is 5.32 Å². The third-order valence-electron chi connectivity index (χ3n) is 3.02. The third kappa shape index (κ3) is 2.72. The van der Waals surface area contributed by atoms with Gasteiger partial charge in [0.15, 0.2) is 11.5 Å². The van der Waals surface area contributed by atoms with E-state index in [1.54, 1.807) is 0 Å². The lowest BCUT2D eigenvalue weighted by atomic mass is 9.95. The molecule has 1 aliphatic rings. The van der Waals surface area contributed by atoms with E-state index in [4.69, 9.17) is 9.47 Å². The first-order valence-electron chi connectivity index (χ1n) is 6.35. The maximum absolute atomic E-state index is 5.62. The van der Waals surface area contributed by atoms with Crippen molar-refractivity contribution in [3.05, 3.63) is 23.8 Å². The largest absolute Gasteiger partial charge is 0.486 e. The van der Waals surface area contributed by atoms with Gasteiger partial charge in [0.05, 0.1) is 0 Å². The second kappa shape index (κ2) is 5.41. The van der Waals surface area contributed by atoms with Crippen molar-refractivity contribution in [2.75, 3.05) is 19.8 Å². The average molecular weight is 235 g/mol. The highest BCUT2D eigenvalue weighted by molar-refractivity contribution is 5.44. The summed E-state index contributed by atoms with van der Waals surface area (Å²) in [6.45, 7) is 8.84. The normalized spacial score (nSPS) is 16.0. The lowest BCUT2D eigenvalue weighted by molar-refractivity contribution is 0.171.